The third-order valence-electron chi connectivity index (χ3n) is 2.62. The van der Waals surface area contributed by atoms with E-state index in [1.165, 1.54) is 23.9 Å². The number of nitrogens with one attached hydrogen (secondary N) is 1. The molecule has 1 N–H and O–H groups in total. The molecule has 0 radical (unpaired) electrons. The van der Waals surface area contributed by atoms with E-state index in [9.17, 15) is 14.9 Å². The number of carbonyl (C=O) groups excluding carboxylic acids is 1. The first-order valence-corrected chi connectivity index (χ1v) is 5.44. The monoisotopic (exact) mass is 261 g/mol. The van der Waals surface area contributed by atoms with Gasteiger partial charge < -0.3 is 5.32 Å². The summed E-state index contributed by atoms with van der Waals surface area (Å²) in [5.41, 5.74) is 1.14. The smallest absolute Gasteiger partial charge is 0.273 e. The third-order valence-corrected chi connectivity index (χ3v) is 2.62. The fraction of sp³-hybridized carbons (Fsp3) is 0.182. The van der Waals surface area contributed by atoms with Gasteiger partial charge in [0.25, 0.3) is 11.6 Å². The summed E-state index contributed by atoms with van der Waals surface area (Å²) in [6.07, 6.45) is 0. The zero-order valence-electron chi connectivity index (χ0n) is 10.3. The van der Waals surface area contributed by atoms with Crippen LogP contribution in [0.3, 0.4) is 0 Å². The molecule has 0 saturated heterocycles. The van der Waals surface area contributed by atoms with Crippen molar-refractivity contribution < 1.29 is 9.72 Å². The molecule has 0 saturated carbocycles. The van der Waals surface area contributed by atoms with E-state index in [2.05, 4.69) is 15.6 Å². The summed E-state index contributed by atoms with van der Waals surface area (Å²) < 4.78 is 1.39. The molecule has 8 nitrogen and oxygen atoms in total. The van der Waals surface area contributed by atoms with Crippen LogP contribution in [0.5, 0.6) is 0 Å². The Morgan fingerprint density at radius 1 is 1.47 bits per heavy atom. The summed E-state index contributed by atoms with van der Waals surface area (Å²) in [4.78, 5) is 21.8. The molecule has 0 aliphatic carbocycles. The number of rotatable bonds is 3. The lowest BCUT2D eigenvalue weighted by Gasteiger charge is -2.03. The van der Waals surface area contributed by atoms with Gasteiger partial charge in [-0.3, -0.25) is 14.9 Å². The molecule has 0 fully saturated rings. The van der Waals surface area contributed by atoms with E-state index < -0.39 is 4.92 Å². The van der Waals surface area contributed by atoms with Gasteiger partial charge in [-0.15, -0.1) is 5.10 Å². The van der Waals surface area contributed by atoms with Crippen molar-refractivity contribution in [1.29, 1.82) is 0 Å². The molecule has 2 aromatic rings. The summed E-state index contributed by atoms with van der Waals surface area (Å²) in [5.74, 6) is -0.353. The standard InChI is InChI=1S/C11H11N5O3/c1-7-10(11(17)12-2)13-14-15(7)8-4-3-5-9(6-8)16(18)19/h3-6H,1-2H3,(H,12,17). The van der Waals surface area contributed by atoms with Gasteiger partial charge in [0.1, 0.15) is 0 Å². The Morgan fingerprint density at radius 2 is 2.21 bits per heavy atom. The number of amides is 1. The molecule has 19 heavy (non-hydrogen) atoms. The van der Waals surface area contributed by atoms with Crippen LogP contribution in [0.25, 0.3) is 5.69 Å². The number of aromatic nitrogens is 3. The van der Waals surface area contributed by atoms with Gasteiger partial charge in [-0.05, 0) is 13.0 Å². The quantitative estimate of drug-likeness (QED) is 0.651. The van der Waals surface area contributed by atoms with Crippen LogP contribution in [0.15, 0.2) is 24.3 Å². The second-order valence-electron chi connectivity index (χ2n) is 3.79. The average Bonchev–Trinajstić information content (AvgIpc) is 2.80. The van der Waals surface area contributed by atoms with Crippen LogP contribution in [0, 0.1) is 17.0 Å². The Kier molecular flexibility index (Phi) is 3.23. The Labute approximate surface area is 108 Å². The van der Waals surface area contributed by atoms with Crippen molar-refractivity contribution >= 4 is 11.6 Å². The van der Waals surface area contributed by atoms with Crippen LogP contribution in [-0.4, -0.2) is 32.9 Å². The van der Waals surface area contributed by atoms with E-state index in [0.29, 0.717) is 11.4 Å². The zero-order valence-corrected chi connectivity index (χ0v) is 10.3. The molecule has 1 aromatic carbocycles. The number of non-ortho nitro benzene ring substituents is 1. The molecule has 0 bridgehead atoms. The van der Waals surface area contributed by atoms with Crippen molar-refractivity contribution in [3.8, 4) is 5.69 Å². The highest BCUT2D eigenvalue weighted by Gasteiger charge is 2.17. The first-order chi connectivity index (χ1) is 9.04. The molecule has 0 unspecified atom stereocenters. The van der Waals surface area contributed by atoms with Gasteiger partial charge in [-0.1, -0.05) is 11.3 Å². The van der Waals surface area contributed by atoms with Crippen molar-refractivity contribution in [1.82, 2.24) is 20.3 Å². The maximum absolute atomic E-state index is 11.5. The van der Waals surface area contributed by atoms with Gasteiger partial charge in [-0.25, -0.2) is 4.68 Å². The molecule has 1 heterocycles. The number of hydrogen-bond acceptors (Lipinski definition) is 5. The topological polar surface area (TPSA) is 103 Å². The molecule has 0 aliphatic heterocycles. The summed E-state index contributed by atoms with van der Waals surface area (Å²) in [5, 5.41) is 20.8. The lowest BCUT2D eigenvalue weighted by atomic mass is 10.2. The molecule has 98 valence electrons. The van der Waals surface area contributed by atoms with Crippen LogP contribution in [0.1, 0.15) is 16.2 Å². The predicted molar refractivity (Wildman–Crippen MR) is 66.1 cm³/mol. The van der Waals surface area contributed by atoms with Crippen LogP contribution in [0.2, 0.25) is 0 Å². The number of nitro benzene ring substituents is 1. The minimum atomic E-state index is -0.491. The van der Waals surface area contributed by atoms with Crippen molar-refractivity contribution in [2.75, 3.05) is 7.05 Å². The van der Waals surface area contributed by atoms with E-state index >= 15 is 0 Å². The van der Waals surface area contributed by atoms with Crippen molar-refractivity contribution in [3.05, 3.63) is 45.8 Å². The molecular weight excluding hydrogens is 250 g/mol. The van der Waals surface area contributed by atoms with Gasteiger partial charge in [0, 0.05) is 19.2 Å². The van der Waals surface area contributed by atoms with Gasteiger partial charge in [0.2, 0.25) is 0 Å². The number of benzene rings is 1. The highest BCUT2D eigenvalue weighted by atomic mass is 16.6. The van der Waals surface area contributed by atoms with Gasteiger partial charge >= 0.3 is 0 Å². The Morgan fingerprint density at radius 3 is 2.84 bits per heavy atom. The van der Waals surface area contributed by atoms with Crippen molar-refractivity contribution in [2.24, 2.45) is 0 Å². The maximum atomic E-state index is 11.5. The van der Waals surface area contributed by atoms with Crippen LogP contribution in [0.4, 0.5) is 5.69 Å². The summed E-state index contributed by atoms with van der Waals surface area (Å²) in [7, 11) is 1.49. The highest BCUT2D eigenvalue weighted by Crippen LogP contribution is 2.18. The van der Waals surface area contributed by atoms with E-state index in [4.69, 9.17) is 0 Å². The van der Waals surface area contributed by atoms with Gasteiger partial charge in [-0.2, -0.15) is 0 Å². The molecular formula is C11H11N5O3. The van der Waals surface area contributed by atoms with E-state index in [1.807, 2.05) is 0 Å². The lowest BCUT2D eigenvalue weighted by molar-refractivity contribution is -0.384. The number of nitrogens with zero attached hydrogens (tertiary/aromatic N) is 4. The van der Waals surface area contributed by atoms with Crippen molar-refractivity contribution in [2.45, 2.75) is 6.92 Å². The lowest BCUT2D eigenvalue weighted by Crippen LogP contribution is -2.19. The van der Waals surface area contributed by atoms with E-state index in [1.54, 1.807) is 19.1 Å². The Balaban J connectivity index is 2.48. The zero-order chi connectivity index (χ0) is 14.0. The minimum absolute atomic E-state index is 0.0473. The van der Waals surface area contributed by atoms with Crippen LogP contribution >= 0.6 is 0 Å². The van der Waals surface area contributed by atoms with Crippen molar-refractivity contribution in [3.63, 3.8) is 0 Å². The first-order valence-electron chi connectivity index (χ1n) is 5.44. The fourth-order valence-electron chi connectivity index (χ4n) is 1.64. The van der Waals surface area contributed by atoms with Gasteiger partial charge in [0.05, 0.1) is 16.3 Å². The summed E-state index contributed by atoms with van der Waals surface area (Å²) in [6, 6.07) is 5.96. The Bertz CT molecular complexity index is 650. The highest BCUT2D eigenvalue weighted by molar-refractivity contribution is 5.93. The Hall–Kier alpha value is -2.77. The molecule has 1 amide bonds. The molecule has 0 atom stereocenters. The molecule has 0 spiro atoms. The van der Waals surface area contributed by atoms with Crippen LogP contribution in [-0.2, 0) is 0 Å². The summed E-state index contributed by atoms with van der Waals surface area (Å²) in [6.45, 7) is 1.67. The number of nitro groups is 1. The second-order valence-corrected chi connectivity index (χ2v) is 3.79. The largest absolute Gasteiger partial charge is 0.354 e. The number of carbonyl (C=O) groups is 1. The molecule has 8 heteroatoms. The first kappa shape index (κ1) is 12.7. The summed E-state index contributed by atoms with van der Waals surface area (Å²) >= 11 is 0. The van der Waals surface area contributed by atoms with Crippen LogP contribution < -0.4 is 5.32 Å². The molecule has 1 aromatic heterocycles. The van der Waals surface area contributed by atoms with Gasteiger partial charge in [0.15, 0.2) is 5.69 Å². The molecule has 0 aliphatic rings. The predicted octanol–water partition coefficient (Wildman–Crippen LogP) is 0.844. The molecule has 2 rings (SSSR count). The van der Waals surface area contributed by atoms with E-state index in [0.717, 1.165) is 0 Å². The van der Waals surface area contributed by atoms with E-state index in [-0.39, 0.29) is 17.3 Å². The average molecular weight is 261 g/mol. The number of hydrogen-bond donors (Lipinski definition) is 1. The normalized spacial score (nSPS) is 10.2. The SMILES string of the molecule is CNC(=O)c1nnn(-c2cccc([N+](=O)[O-])c2)c1C. The fourth-order valence-corrected chi connectivity index (χ4v) is 1.64. The minimum Gasteiger partial charge on any atom is -0.354 e. The second kappa shape index (κ2) is 4.84. The maximum Gasteiger partial charge on any atom is 0.273 e. The third kappa shape index (κ3) is 2.28.